The molecule has 4 nitrogen and oxygen atoms in total. The Balaban J connectivity index is 2.01. The van der Waals surface area contributed by atoms with E-state index < -0.39 is 0 Å². The number of pyridine rings is 1. The summed E-state index contributed by atoms with van der Waals surface area (Å²) in [5.41, 5.74) is 2.21. The van der Waals surface area contributed by atoms with Gasteiger partial charge in [0.1, 0.15) is 5.69 Å². The van der Waals surface area contributed by atoms with Crippen molar-refractivity contribution in [1.29, 1.82) is 0 Å². The number of fused-ring (bicyclic) bond motifs is 1. The first-order valence-corrected chi connectivity index (χ1v) is 6.51. The smallest absolute Gasteiger partial charge is 0.270 e. The van der Waals surface area contributed by atoms with Crippen molar-refractivity contribution < 1.29 is 4.79 Å². The van der Waals surface area contributed by atoms with Crippen molar-refractivity contribution in [3.8, 4) is 0 Å². The molecule has 19 heavy (non-hydrogen) atoms. The van der Waals surface area contributed by atoms with E-state index in [1.807, 2.05) is 37.4 Å². The molecule has 0 atom stereocenters. The Kier molecular flexibility index (Phi) is 2.66. The van der Waals surface area contributed by atoms with E-state index in [4.69, 9.17) is 0 Å². The van der Waals surface area contributed by atoms with Gasteiger partial charge in [-0.05, 0) is 31.9 Å². The number of hydrogen-bond donors (Lipinski definition) is 2. The van der Waals surface area contributed by atoms with E-state index in [1.54, 1.807) is 0 Å². The van der Waals surface area contributed by atoms with E-state index >= 15 is 0 Å². The van der Waals surface area contributed by atoms with Crippen LogP contribution < -0.4 is 10.6 Å². The summed E-state index contributed by atoms with van der Waals surface area (Å²) in [6, 6.07) is 9.63. The number of nitrogens with one attached hydrogen (secondary N) is 2. The highest BCUT2D eigenvalue weighted by atomic mass is 16.2. The number of hydrogen-bond acceptors (Lipinski definition) is 3. The van der Waals surface area contributed by atoms with Gasteiger partial charge >= 0.3 is 0 Å². The van der Waals surface area contributed by atoms with Crippen LogP contribution in [-0.4, -0.2) is 23.5 Å². The average molecular weight is 255 g/mol. The van der Waals surface area contributed by atoms with Gasteiger partial charge < -0.3 is 10.6 Å². The van der Waals surface area contributed by atoms with E-state index in [-0.39, 0.29) is 11.4 Å². The molecule has 1 heterocycles. The van der Waals surface area contributed by atoms with E-state index in [9.17, 15) is 4.79 Å². The fourth-order valence-corrected chi connectivity index (χ4v) is 2.15. The Bertz CT molecular complexity index is 647. The van der Waals surface area contributed by atoms with Crippen LogP contribution in [0.1, 0.15) is 30.3 Å². The zero-order valence-electron chi connectivity index (χ0n) is 11.2. The molecule has 98 valence electrons. The zero-order valence-corrected chi connectivity index (χ0v) is 11.2. The molecule has 0 bridgehead atoms. The van der Waals surface area contributed by atoms with Crippen LogP contribution in [0.3, 0.4) is 0 Å². The first kappa shape index (κ1) is 12.0. The number of aromatic nitrogens is 1. The molecular formula is C15H17N3O. The predicted molar refractivity (Wildman–Crippen MR) is 76.4 cm³/mol. The standard InChI is InChI=1S/C15H17N3O/c1-15(7-8-15)18-14(19)13-9-12(16-2)10-5-3-4-6-11(10)17-13/h3-6,9H,7-8H2,1-2H3,(H,16,17)(H,18,19). The lowest BCUT2D eigenvalue weighted by molar-refractivity contribution is 0.0931. The van der Waals surface area contributed by atoms with Crippen LogP contribution in [-0.2, 0) is 0 Å². The lowest BCUT2D eigenvalue weighted by atomic mass is 10.1. The van der Waals surface area contributed by atoms with Gasteiger partial charge in [-0.2, -0.15) is 0 Å². The first-order chi connectivity index (χ1) is 9.11. The van der Waals surface area contributed by atoms with Gasteiger partial charge in [0.2, 0.25) is 0 Å². The van der Waals surface area contributed by atoms with Crippen molar-refractivity contribution >= 4 is 22.5 Å². The fraction of sp³-hybridized carbons (Fsp3) is 0.333. The Morgan fingerprint density at radius 3 is 2.74 bits per heavy atom. The summed E-state index contributed by atoms with van der Waals surface area (Å²) < 4.78 is 0. The summed E-state index contributed by atoms with van der Waals surface area (Å²) in [5, 5.41) is 7.18. The van der Waals surface area contributed by atoms with Crippen molar-refractivity contribution in [3.63, 3.8) is 0 Å². The minimum atomic E-state index is -0.0951. The Labute approximate surface area is 112 Å². The Morgan fingerprint density at radius 2 is 2.05 bits per heavy atom. The minimum Gasteiger partial charge on any atom is -0.388 e. The average Bonchev–Trinajstić information content (AvgIpc) is 3.14. The molecule has 4 heteroatoms. The van der Waals surface area contributed by atoms with Crippen LogP contribution in [0.2, 0.25) is 0 Å². The number of amides is 1. The summed E-state index contributed by atoms with van der Waals surface area (Å²) in [4.78, 5) is 16.7. The van der Waals surface area contributed by atoms with Crippen molar-refractivity contribution in [2.24, 2.45) is 0 Å². The maximum Gasteiger partial charge on any atom is 0.270 e. The van der Waals surface area contributed by atoms with E-state index in [0.29, 0.717) is 5.69 Å². The predicted octanol–water partition coefficient (Wildman–Crippen LogP) is 2.56. The molecule has 0 saturated heterocycles. The minimum absolute atomic E-state index is 0.0236. The molecule has 2 aromatic rings. The molecule has 0 spiro atoms. The number of carbonyl (C=O) groups excluding carboxylic acids is 1. The van der Waals surface area contributed by atoms with Crippen molar-refractivity contribution in [2.75, 3.05) is 12.4 Å². The SMILES string of the molecule is CNc1cc(C(=O)NC2(C)CC2)nc2ccccc12. The second kappa shape index (κ2) is 4.23. The van der Waals surface area contributed by atoms with Gasteiger partial charge in [0.15, 0.2) is 0 Å². The quantitative estimate of drug-likeness (QED) is 0.886. The highest BCUT2D eigenvalue weighted by Crippen LogP contribution is 2.34. The second-order valence-electron chi connectivity index (χ2n) is 5.34. The highest BCUT2D eigenvalue weighted by Gasteiger charge is 2.39. The summed E-state index contributed by atoms with van der Waals surface area (Å²) >= 11 is 0. The molecule has 2 N–H and O–H groups in total. The third-order valence-electron chi connectivity index (χ3n) is 3.63. The molecule has 1 amide bonds. The van der Waals surface area contributed by atoms with E-state index in [1.165, 1.54) is 0 Å². The molecule has 0 radical (unpaired) electrons. The van der Waals surface area contributed by atoms with E-state index in [2.05, 4.69) is 22.5 Å². The number of para-hydroxylation sites is 1. The molecule has 1 aromatic carbocycles. The van der Waals surface area contributed by atoms with Crippen molar-refractivity contribution in [3.05, 3.63) is 36.0 Å². The highest BCUT2D eigenvalue weighted by molar-refractivity contribution is 6.00. The van der Waals surface area contributed by atoms with Crippen LogP contribution in [0.25, 0.3) is 10.9 Å². The van der Waals surface area contributed by atoms with Crippen LogP contribution in [0.15, 0.2) is 30.3 Å². The van der Waals surface area contributed by atoms with Gasteiger partial charge in [0, 0.05) is 23.7 Å². The normalized spacial score (nSPS) is 16.1. The number of nitrogens with zero attached hydrogens (tertiary/aromatic N) is 1. The van der Waals surface area contributed by atoms with Crippen LogP contribution in [0.5, 0.6) is 0 Å². The zero-order chi connectivity index (χ0) is 13.5. The maximum absolute atomic E-state index is 12.2. The maximum atomic E-state index is 12.2. The molecule has 1 aliphatic rings. The summed E-state index contributed by atoms with van der Waals surface area (Å²) in [6.45, 7) is 2.06. The van der Waals surface area contributed by atoms with Gasteiger partial charge in [0.05, 0.1) is 5.52 Å². The number of carbonyl (C=O) groups is 1. The third-order valence-corrected chi connectivity index (χ3v) is 3.63. The first-order valence-electron chi connectivity index (χ1n) is 6.51. The molecular weight excluding hydrogens is 238 g/mol. The van der Waals surface area contributed by atoms with Gasteiger partial charge in [-0.25, -0.2) is 4.98 Å². The van der Waals surface area contributed by atoms with Gasteiger partial charge in [-0.3, -0.25) is 4.79 Å². The van der Waals surface area contributed by atoms with Crippen LogP contribution >= 0.6 is 0 Å². The third kappa shape index (κ3) is 2.26. The molecule has 1 saturated carbocycles. The van der Waals surface area contributed by atoms with Crippen LogP contribution in [0, 0.1) is 0 Å². The molecule has 0 unspecified atom stereocenters. The molecule has 3 rings (SSSR count). The fourth-order valence-electron chi connectivity index (χ4n) is 2.15. The van der Waals surface area contributed by atoms with Crippen molar-refractivity contribution in [2.45, 2.75) is 25.3 Å². The largest absolute Gasteiger partial charge is 0.388 e. The lowest BCUT2D eigenvalue weighted by Gasteiger charge is -2.13. The van der Waals surface area contributed by atoms with Gasteiger partial charge in [0.25, 0.3) is 5.91 Å². The number of benzene rings is 1. The molecule has 1 aliphatic carbocycles. The summed E-state index contributed by atoms with van der Waals surface area (Å²) in [7, 11) is 1.85. The lowest BCUT2D eigenvalue weighted by Crippen LogP contribution is -2.34. The summed E-state index contributed by atoms with van der Waals surface area (Å²) in [5.74, 6) is -0.0951. The molecule has 1 aromatic heterocycles. The topological polar surface area (TPSA) is 54.0 Å². The second-order valence-corrected chi connectivity index (χ2v) is 5.34. The molecule has 1 fully saturated rings. The monoisotopic (exact) mass is 255 g/mol. The number of rotatable bonds is 3. The molecule has 0 aliphatic heterocycles. The Morgan fingerprint density at radius 1 is 1.32 bits per heavy atom. The number of anilines is 1. The van der Waals surface area contributed by atoms with E-state index in [0.717, 1.165) is 29.4 Å². The summed E-state index contributed by atoms with van der Waals surface area (Å²) in [6.07, 6.45) is 2.09. The van der Waals surface area contributed by atoms with Crippen LogP contribution in [0.4, 0.5) is 5.69 Å². The van der Waals surface area contributed by atoms with Crippen molar-refractivity contribution in [1.82, 2.24) is 10.3 Å². The van der Waals surface area contributed by atoms with Gasteiger partial charge in [-0.15, -0.1) is 0 Å². The Hall–Kier alpha value is -2.10. The van der Waals surface area contributed by atoms with Gasteiger partial charge in [-0.1, -0.05) is 18.2 Å².